The maximum absolute atomic E-state index is 11.2. The second kappa shape index (κ2) is 9.50. The number of benzene rings is 1. The maximum Gasteiger partial charge on any atom is 0.333 e. The lowest BCUT2D eigenvalue weighted by Crippen LogP contribution is -2.21. The van der Waals surface area contributed by atoms with Gasteiger partial charge in [0.2, 0.25) is 0 Å². The van der Waals surface area contributed by atoms with E-state index in [4.69, 9.17) is 9.47 Å². The lowest BCUT2D eigenvalue weighted by Gasteiger charge is -2.15. The topological polar surface area (TPSA) is 55.8 Å². The number of esters is 1. The molecule has 0 aromatic heterocycles. The van der Waals surface area contributed by atoms with E-state index >= 15 is 0 Å². The number of aliphatic hydroxyl groups is 1. The molecule has 0 aliphatic rings. The van der Waals surface area contributed by atoms with Crippen molar-refractivity contribution in [3.63, 3.8) is 0 Å². The van der Waals surface area contributed by atoms with Gasteiger partial charge in [-0.15, -0.1) is 0 Å². The number of carbonyl (C=O) groups excluding carboxylic acids is 1. The smallest absolute Gasteiger partial charge is 0.333 e. The average Bonchev–Trinajstić information content (AvgIpc) is 2.37. The summed E-state index contributed by atoms with van der Waals surface area (Å²) in [6.07, 6.45) is -0.356. The molecule has 0 saturated heterocycles. The standard InChI is InChI=1S/C14H15I3O4/c1-8(2)14(19)20-4-3-10(18)7-21-13-11(16)5-9(15)6-12(13)17/h5-6,10,18H,1,3-4,7H2,2H3. The van der Waals surface area contributed by atoms with E-state index < -0.39 is 12.1 Å². The first-order valence-electron chi connectivity index (χ1n) is 6.09. The van der Waals surface area contributed by atoms with Gasteiger partial charge in [-0.25, -0.2) is 4.79 Å². The molecule has 1 atom stereocenters. The summed E-state index contributed by atoms with van der Waals surface area (Å²) in [6, 6.07) is 4.03. The summed E-state index contributed by atoms with van der Waals surface area (Å²) in [5.74, 6) is 0.333. The highest BCUT2D eigenvalue weighted by Gasteiger charge is 2.12. The Labute approximate surface area is 165 Å². The number of hydrogen-bond acceptors (Lipinski definition) is 4. The molecule has 0 saturated carbocycles. The van der Waals surface area contributed by atoms with Crippen molar-refractivity contribution in [2.75, 3.05) is 13.2 Å². The Morgan fingerprint density at radius 1 is 1.33 bits per heavy atom. The molecule has 1 aromatic rings. The van der Waals surface area contributed by atoms with Gasteiger partial charge in [0.25, 0.3) is 0 Å². The first kappa shape index (κ1) is 19.4. The lowest BCUT2D eigenvalue weighted by atomic mass is 10.3. The molecular formula is C14H15I3O4. The van der Waals surface area contributed by atoms with Crippen molar-refractivity contribution in [2.24, 2.45) is 0 Å². The summed E-state index contributed by atoms with van der Waals surface area (Å²) in [6.45, 7) is 5.39. The Balaban J connectivity index is 2.42. The Kier molecular flexibility index (Phi) is 8.79. The van der Waals surface area contributed by atoms with Crippen LogP contribution in [0.5, 0.6) is 5.75 Å². The van der Waals surface area contributed by atoms with E-state index in [-0.39, 0.29) is 13.2 Å². The van der Waals surface area contributed by atoms with E-state index in [0.717, 1.165) is 16.5 Å². The van der Waals surface area contributed by atoms with E-state index in [2.05, 4.69) is 74.4 Å². The van der Waals surface area contributed by atoms with Crippen molar-refractivity contribution in [1.29, 1.82) is 0 Å². The predicted molar refractivity (Wildman–Crippen MR) is 106 cm³/mol. The molecule has 0 spiro atoms. The van der Waals surface area contributed by atoms with Crippen LogP contribution in [-0.4, -0.2) is 30.4 Å². The fraction of sp³-hybridized carbons (Fsp3) is 0.357. The summed E-state index contributed by atoms with van der Waals surface area (Å²) in [5, 5.41) is 9.85. The molecule has 0 bridgehead atoms. The number of ether oxygens (including phenoxy) is 2. The minimum atomic E-state index is -0.686. The van der Waals surface area contributed by atoms with E-state index in [1.807, 2.05) is 12.1 Å². The van der Waals surface area contributed by atoms with Crippen LogP contribution in [0.25, 0.3) is 0 Å². The number of halogens is 3. The summed E-state index contributed by atoms with van der Waals surface area (Å²) in [5.41, 5.74) is 0.351. The third-order valence-electron chi connectivity index (χ3n) is 2.42. The zero-order chi connectivity index (χ0) is 16.0. The highest BCUT2D eigenvalue weighted by Crippen LogP contribution is 2.29. The van der Waals surface area contributed by atoms with E-state index in [9.17, 15) is 9.90 Å². The minimum Gasteiger partial charge on any atom is -0.489 e. The van der Waals surface area contributed by atoms with Crippen molar-refractivity contribution in [3.8, 4) is 5.75 Å². The lowest BCUT2D eigenvalue weighted by molar-refractivity contribution is -0.139. The summed E-state index contributed by atoms with van der Waals surface area (Å²) in [4.78, 5) is 11.2. The molecule has 0 fully saturated rings. The Bertz CT molecular complexity index is 508. The SMILES string of the molecule is C=C(C)C(=O)OCCC(O)COc1c(I)cc(I)cc1I. The van der Waals surface area contributed by atoms with Gasteiger partial charge in [-0.3, -0.25) is 0 Å². The van der Waals surface area contributed by atoms with Crippen molar-refractivity contribution in [2.45, 2.75) is 19.4 Å². The molecule has 1 N–H and O–H groups in total. The monoisotopic (exact) mass is 628 g/mol. The van der Waals surface area contributed by atoms with Gasteiger partial charge in [0.1, 0.15) is 12.4 Å². The summed E-state index contributed by atoms with van der Waals surface area (Å²) < 4.78 is 13.7. The Morgan fingerprint density at radius 2 is 1.90 bits per heavy atom. The Morgan fingerprint density at radius 3 is 2.43 bits per heavy atom. The molecule has 116 valence electrons. The first-order valence-corrected chi connectivity index (χ1v) is 9.33. The number of rotatable bonds is 7. The van der Waals surface area contributed by atoms with Gasteiger partial charge in [0.05, 0.1) is 19.9 Å². The number of aliphatic hydroxyl groups excluding tert-OH is 1. The molecular weight excluding hydrogens is 613 g/mol. The maximum atomic E-state index is 11.2. The third kappa shape index (κ3) is 6.99. The molecule has 0 radical (unpaired) electrons. The van der Waals surface area contributed by atoms with Gasteiger partial charge in [-0.05, 0) is 86.8 Å². The van der Waals surface area contributed by atoms with Gasteiger partial charge in [0.15, 0.2) is 0 Å². The van der Waals surface area contributed by atoms with Crippen LogP contribution in [0, 0.1) is 10.7 Å². The van der Waals surface area contributed by atoms with Crippen LogP contribution < -0.4 is 4.74 Å². The third-order valence-corrected chi connectivity index (χ3v) is 4.64. The van der Waals surface area contributed by atoms with Crippen LogP contribution in [0.2, 0.25) is 0 Å². The second-order valence-corrected chi connectivity index (χ2v) is 7.94. The highest BCUT2D eigenvalue weighted by molar-refractivity contribution is 14.1. The zero-order valence-electron chi connectivity index (χ0n) is 11.4. The van der Waals surface area contributed by atoms with Gasteiger partial charge in [-0.2, -0.15) is 0 Å². The van der Waals surface area contributed by atoms with Gasteiger partial charge >= 0.3 is 5.97 Å². The van der Waals surface area contributed by atoms with Crippen molar-refractivity contribution >= 4 is 73.7 Å². The molecule has 0 aliphatic carbocycles. The van der Waals surface area contributed by atoms with E-state index in [0.29, 0.717) is 12.0 Å². The van der Waals surface area contributed by atoms with Crippen LogP contribution in [0.1, 0.15) is 13.3 Å². The molecule has 7 heteroatoms. The van der Waals surface area contributed by atoms with Gasteiger partial charge in [-0.1, -0.05) is 6.58 Å². The summed E-state index contributed by atoms with van der Waals surface area (Å²) in [7, 11) is 0. The normalized spacial score (nSPS) is 11.9. The molecule has 0 aliphatic heterocycles. The second-order valence-electron chi connectivity index (χ2n) is 4.37. The van der Waals surface area contributed by atoms with Gasteiger partial charge < -0.3 is 14.6 Å². The molecule has 1 rings (SSSR count). The molecule has 21 heavy (non-hydrogen) atoms. The molecule has 1 aromatic carbocycles. The molecule has 0 heterocycles. The molecule has 1 unspecified atom stereocenters. The predicted octanol–water partition coefficient (Wildman–Crippen LogP) is 3.75. The number of carbonyl (C=O) groups is 1. The largest absolute Gasteiger partial charge is 0.489 e. The van der Waals surface area contributed by atoms with E-state index in [1.165, 1.54) is 0 Å². The van der Waals surface area contributed by atoms with Crippen LogP contribution >= 0.6 is 67.8 Å². The van der Waals surface area contributed by atoms with Gasteiger partial charge in [0, 0.05) is 15.6 Å². The van der Waals surface area contributed by atoms with Crippen LogP contribution in [0.15, 0.2) is 24.3 Å². The minimum absolute atomic E-state index is 0.150. The van der Waals surface area contributed by atoms with Crippen molar-refractivity contribution in [1.82, 2.24) is 0 Å². The van der Waals surface area contributed by atoms with Crippen LogP contribution in [0.3, 0.4) is 0 Å². The van der Waals surface area contributed by atoms with Crippen LogP contribution in [-0.2, 0) is 9.53 Å². The summed E-state index contributed by atoms with van der Waals surface area (Å²) >= 11 is 6.66. The van der Waals surface area contributed by atoms with Crippen molar-refractivity contribution < 1.29 is 19.4 Å². The van der Waals surface area contributed by atoms with Crippen molar-refractivity contribution in [3.05, 3.63) is 35.0 Å². The Hall–Kier alpha value is 0.380. The first-order chi connectivity index (χ1) is 9.81. The highest BCUT2D eigenvalue weighted by atomic mass is 127. The quantitative estimate of drug-likeness (QED) is 0.284. The average molecular weight is 628 g/mol. The van der Waals surface area contributed by atoms with Crippen LogP contribution in [0.4, 0.5) is 0 Å². The van der Waals surface area contributed by atoms with E-state index in [1.54, 1.807) is 6.92 Å². The number of hydrogen-bond donors (Lipinski definition) is 1. The fourth-order valence-electron chi connectivity index (χ4n) is 1.34. The molecule has 0 amide bonds. The fourth-order valence-corrected chi connectivity index (χ4v) is 5.23. The zero-order valence-corrected chi connectivity index (χ0v) is 17.8. The molecule has 4 nitrogen and oxygen atoms in total.